The average Bonchev–Trinajstić information content (AvgIpc) is 3.08. The second-order valence-electron chi connectivity index (χ2n) is 10.5. The van der Waals surface area contributed by atoms with Crippen LogP contribution < -0.4 is 10.1 Å². The summed E-state index contributed by atoms with van der Waals surface area (Å²) in [6.45, 7) is 6.24. The van der Waals surface area contributed by atoms with E-state index in [-0.39, 0.29) is 0 Å². The van der Waals surface area contributed by atoms with Crippen molar-refractivity contribution in [3.05, 3.63) is 48.1 Å². The third-order valence-electron chi connectivity index (χ3n) is 9.44. The molecule has 5 rings (SSSR count). The maximum atomic E-state index is 5.30. The molecule has 1 aromatic carbocycles. The van der Waals surface area contributed by atoms with E-state index < -0.39 is 0 Å². The summed E-state index contributed by atoms with van der Waals surface area (Å²) in [5, 5.41) is 3.81. The number of hydrogen-bond acceptors (Lipinski definition) is 2. The van der Waals surface area contributed by atoms with Crippen molar-refractivity contribution in [3.63, 3.8) is 0 Å². The Balaban J connectivity index is 1.35. The molecule has 0 amide bonds. The van der Waals surface area contributed by atoms with Gasteiger partial charge >= 0.3 is 0 Å². The smallest absolute Gasteiger partial charge is 0.118 e. The Hall–Kier alpha value is -1.54. The molecule has 3 fully saturated rings. The van der Waals surface area contributed by atoms with Gasteiger partial charge in [0.05, 0.1) is 7.11 Å². The first kappa shape index (κ1) is 19.4. The normalized spacial score (nSPS) is 43.6. The van der Waals surface area contributed by atoms with Gasteiger partial charge in [0, 0.05) is 18.0 Å². The number of nitrogens with one attached hydrogen (secondary N) is 1. The number of methoxy groups -OCH3 is 1. The molecule has 2 heteroatoms. The van der Waals surface area contributed by atoms with Gasteiger partial charge in [-0.05, 0) is 85.3 Å². The zero-order chi connectivity index (χ0) is 20.1. The van der Waals surface area contributed by atoms with Crippen LogP contribution in [0.15, 0.2) is 42.5 Å². The Bertz CT molecular complexity index is 795. The molecule has 0 unspecified atom stereocenters. The van der Waals surface area contributed by atoms with Crippen LogP contribution in [-0.2, 0) is 0 Å². The molecule has 7 atom stereocenters. The van der Waals surface area contributed by atoms with Gasteiger partial charge in [0.2, 0.25) is 0 Å². The SMILES string of the molecule is COc1ccc(/C=C/[C@H]2CC[C@H]3[C@@H]4CC[C@H]5NCC=C[C@]5(C)[C@H]4CC[C@]23C)cc1. The predicted octanol–water partition coefficient (Wildman–Crippen LogP) is 6.10. The van der Waals surface area contributed by atoms with Gasteiger partial charge < -0.3 is 10.1 Å². The van der Waals surface area contributed by atoms with Crippen molar-refractivity contribution in [1.29, 1.82) is 0 Å². The van der Waals surface area contributed by atoms with Gasteiger partial charge in [0.25, 0.3) is 0 Å². The standard InChI is InChI=1S/C27H37NO/c1-26-17-15-24-22(12-14-25-27(24,2)16-4-18-28-25)23(26)13-9-20(26)8-5-19-6-10-21(29-3)11-7-19/h4-8,10-11,16,20,22-25,28H,9,12-15,17-18H2,1-3H3/b8-5+/t20-,22-,23-,24-,25+,26+,27+/m0/s1. The fraction of sp³-hybridized carbons (Fsp3) is 0.630. The molecule has 0 radical (unpaired) electrons. The first-order chi connectivity index (χ1) is 14.0. The summed E-state index contributed by atoms with van der Waals surface area (Å²) in [5.41, 5.74) is 2.15. The van der Waals surface area contributed by atoms with Gasteiger partial charge in [-0.3, -0.25) is 0 Å². The molecule has 3 aliphatic carbocycles. The lowest BCUT2D eigenvalue weighted by atomic mass is 9.48. The Morgan fingerprint density at radius 3 is 2.62 bits per heavy atom. The van der Waals surface area contributed by atoms with E-state index >= 15 is 0 Å². The van der Waals surface area contributed by atoms with Crippen molar-refractivity contribution in [2.24, 2.45) is 34.5 Å². The topological polar surface area (TPSA) is 21.3 Å². The number of benzene rings is 1. The highest BCUT2D eigenvalue weighted by atomic mass is 16.5. The van der Waals surface area contributed by atoms with E-state index in [0.717, 1.165) is 36.0 Å². The number of ether oxygens (including phenoxy) is 1. The van der Waals surface area contributed by atoms with Crippen LogP contribution in [0.3, 0.4) is 0 Å². The molecule has 0 aromatic heterocycles. The third-order valence-corrected chi connectivity index (χ3v) is 9.44. The van der Waals surface area contributed by atoms with Crippen LogP contribution in [0.25, 0.3) is 6.08 Å². The van der Waals surface area contributed by atoms with Crippen LogP contribution in [0.1, 0.15) is 57.9 Å². The summed E-state index contributed by atoms with van der Waals surface area (Å²) in [5.74, 6) is 4.34. The second kappa shape index (κ2) is 7.30. The summed E-state index contributed by atoms with van der Waals surface area (Å²) in [6, 6.07) is 9.17. The Labute approximate surface area is 176 Å². The summed E-state index contributed by atoms with van der Waals surface area (Å²) in [7, 11) is 1.73. The second-order valence-corrected chi connectivity index (χ2v) is 10.5. The lowest BCUT2D eigenvalue weighted by Gasteiger charge is -2.59. The molecule has 29 heavy (non-hydrogen) atoms. The first-order valence-corrected chi connectivity index (χ1v) is 11.8. The van der Waals surface area contributed by atoms with E-state index in [1.165, 1.54) is 44.1 Å². The van der Waals surface area contributed by atoms with Gasteiger partial charge in [0.1, 0.15) is 5.75 Å². The Kier molecular flexibility index (Phi) is 4.89. The van der Waals surface area contributed by atoms with Crippen molar-refractivity contribution in [2.75, 3.05) is 13.7 Å². The van der Waals surface area contributed by atoms with E-state index in [4.69, 9.17) is 4.74 Å². The van der Waals surface area contributed by atoms with E-state index in [1.807, 2.05) is 0 Å². The van der Waals surface area contributed by atoms with Gasteiger partial charge in [-0.2, -0.15) is 0 Å². The summed E-state index contributed by atoms with van der Waals surface area (Å²) in [6.07, 6.45) is 18.3. The van der Waals surface area contributed by atoms with Crippen LogP contribution >= 0.6 is 0 Å². The summed E-state index contributed by atoms with van der Waals surface area (Å²) >= 11 is 0. The number of allylic oxidation sites excluding steroid dienone is 1. The fourth-order valence-electron chi connectivity index (χ4n) is 7.77. The van der Waals surface area contributed by atoms with Crippen molar-refractivity contribution in [1.82, 2.24) is 5.32 Å². The van der Waals surface area contributed by atoms with Crippen molar-refractivity contribution < 1.29 is 4.74 Å². The molecule has 0 spiro atoms. The minimum Gasteiger partial charge on any atom is -0.497 e. The lowest BCUT2D eigenvalue weighted by Crippen LogP contribution is -2.58. The highest BCUT2D eigenvalue weighted by Gasteiger charge is 2.58. The highest BCUT2D eigenvalue weighted by molar-refractivity contribution is 5.51. The summed E-state index contributed by atoms with van der Waals surface area (Å²) < 4.78 is 5.30. The van der Waals surface area contributed by atoms with Gasteiger partial charge in [-0.1, -0.05) is 50.3 Å². The minimum atomic E-state index is 0.375. The highest BCUT2D eigenvalue weighted by Crippen LogP contribution is 2.65. The number of rotatable bonds is 3. The van der Waals surface area contributed by atoms with E-state index in [1.54, 1.807) is 7.11 Å². The molecule has 156 valence electrons. The molecule has 1 aliphatic heterocycles. The largest absolute Gasteiger partial charge is 0.497 e. The van der Waals surface area contributed by atoms with Crippen molar-refractivity contribution in [3.8, 4) is 5.75 Å². The summed E-state index contributed by atoms with van der Waals surface area (Å²) in [4.78, 5) is 0. The van der Waals surface area contributed by atoms with Crippen molar-refractivity contribution >= 4 is 6.08 Å². The zero-order valence-corrected chi connectivity index (χ0v) is 18.4. The van der Waals surface area contributed by atoms with Crippen LogP contribution in [0.5, 0.6) is 5.75 Å². The predicted molar refractivity (Wildman–Crippen MR) is 121 cm³/mol. The minimum absolute atomic E-state index is 0.375. The molecule has 1 heterocycles. The Morgan fingerprint density at radius 2 is 1.83 bits per heavy atom. The molecule has 0 saturated heterocycles. The Morgan fingerprint density at radius 1 is 1.00 bits per heavy atom. The van der Waals surface area contributed by atoms with Crippen LogP contribution in [0.4, 0.5) is 0 Å². The quantitative estimate of drug-likeness (QED) is 0.629. The molecule has 4 aliphatic rings. The van der Waals surface area contributed by atoms with Crippen molar-refractivity contribution in [2.45, 2.75) is 58.4 Å². The van der Waals surface area contributed by atoms with E-state index in [9.17, 15) is 0 Å². The maximum Gasteiger partial charge on any atom is 0.118 e. The zero-order valence-electron chi connectivity index (χ0n) is 18.4. The van der Waals surface area contributed by atoms with E-state index in [2.05, 4.69) is 67.7 Å². The molecule has 0 bridgehead atoms. The van der Waals surface area contributed by atoms with Crippen LogP contribution in [0.2, 0.25) is 0 Å². The van der Waals surface area contributed by atoms with Crippen LogP contribution in [-0.4, -0.2) is 19.7 Å². The monoisotopic (exact) mass is 391 g/mol. The lowest BCUT2D eigenvalue weighted by molar-refractivity contribution is -0.0605. The van der Waals surface area contributed by atoms with E-state index in [0.29, 0.717) is 16.9 Å². The molecule has 1 N–H and O–H groups in total. The average molecular weight is 392 g/mol. The molecular formula is C27H37NO. The first-order valence-electron chi connectivity index (χ1n) is 11.8. The van der Waals surface area contributed by atoms with Gasteiger partial charge in [0.15, 0.2) is 0 Å². The fourth-order valence-corrected chi connectivity index (χ4v) is 7.77. The van der Waals surface area contributed by atoms with Crippen LogP contribution in [0, 0.1) is 34.5 Å². The molecule has 3 saturated carbocycles. The molecule has 2 nitrogen and oxygen atoms in total. The number of hydrogen-bond donors (Lipinski definition) is 1. The number of fused-ring (bicyclic) bond motifs is 5. The van der Waals surface area contributed by atoms with Gasteiger partial charge in [-0.15, -0.1) is 0 Å². The van der Waals surface area contributed by atoms with Gasteiger partial charge in [-0.25, -0.2) is 0 Å². The molecular weight excluding hydrogens is 354 g/mol. The third kappa shape index (κ3) is 3.10. The maximum absolute atomic E-state index is 5.30. The molecule has 1 aromatic rings.